The molecule has 1 rings (SSSR count). The Kier molecular flexibility index (Phi) is 4.39. The van der Waals surface area contributed by atoms with E-state index in [4.69, 9.17) is 4.74 Å². The molecule has 0 aliphatic carbocycles. The van der Waals surface area contributed by atoms with Gasteiger partial charge in [-0.2, -0.15) is 0 Å². The summed E-state index contributed by atoms with van der Waals surface area (Å²) in [5.74, 6) is 0.0212. The van der Waals surface area contributed by atoms with Crippen molar-refractivity contribution in [1.29, 1.82) is 0 Å². The Hall–Kier alpha value is -0.570. The molecule has 1 aromatic rings. The quantitative estimate of drug-likeness (QED) is 0.753. The molecule has 0 fully saturated rings. The molecule has 0 saturated carbocycles. The number of rotatable bonds is 4. The maximum atomic E-state index is 13.2. The van der Waals surface area contributed by atoms with E-state index in [0.29, 0.717) is 10.6 Å². The van der Waals surface area contributed by atoms with Crippen LogP contribution in [0.5, 0.6) is 5.75 Å². The number of ether oxygens (including phenoxy) is 1. The van der Waals surface area contributed by atoms with E-state index < -0.39 is 0 Å². The van der Waals surface area contributed by atoms with Crippen LogP contribution in [0.15, 0.2) is 18.2 Å². The van der Waals surface area contributed by atoms with Gasteiger partial charge in [0.05, 0.1) is 7.11 Å². The van der Waals surface area contributed by atoms with Gasteiger partial charge in [-0.15, -0.1) is 0 Å². The van der Waals surface area contributed by atoms with Gasteiger partial charge in [0, 0.05) is 4.83 Å². The summed E-state index contributed by atoms with van der Waals surface area (Å²) in [5.41, 5.74) is 1.01. The van der Waals surface area contributed by atoms with Gasteiger partial charge < -0.3 is 4.74 Å². The highest BCUT2D eigenvalue weighted by molar-refractivity contribution is 9.09. The molecule has 0 bridgehead atoms. The topological polar surface area (TPSA) is 9.23 Å². The third-order valence-corrected chi connectivity index (χ3v) is 2.50. The molecule has 0 aromatic heterocycles. The highest BCUT2D eigenvalue weighted by Crippen LogP contribution is 2.19. The smallest absolute Gasteiger partial charge is 0.165 e. The van der Waals surface area contributed by atoms with Crippen molar-refractivity contribution in [2.45, 2.75) is 24.6 Å². The summed E-state index contributed by atoms with van der Waals surface area (Å²) in [4.78, 5) is 0.465. The van der Waals surface area contributed by atoms with Crippen LogP contribution >= 0.6 is 15.9 Å². The molecule has 78 valence electrons. The van der Waals surface area contributed by atoms with Crippen molar-refractivity contribution in [3.63, 3.8) is 0 Å². The Morgan fingerprint density at radius 3 is 2.71 bits per heavy atom. The fourth-order valence-electron chi connectivity index (χ4n) is 1.23. The summed E-state index contributed by atoms with van der Waals surface area (Å²) >= 11 is 3.46. The van der Waals surface area contributed by atoms with E-state index >= 15 is 0 Å². The number of aryl methyl sites for hydroxylation is 1. The fourth-order valence-corrected chi connectivity index (χ4v) is 1.46. The van der Waals surface area contributed by atoms with Crippen LogP contribution in [0.25, 0.3) is 0 Å². The molecular formula is C11H14BrFO. The summed E-state index contributed by atoms with van der Waals surface area (Å²) in [7, 11) is 1.47. The minimum atomic E-state index is -0.285. The summed E-state index contributed by atoms with van der Waals surface area (Å²) in [6.07, 6.45) is 1.89. The zero-order valence-electron chi connectivity index (χ0n) is 8.39. The highest BCUT2D eigenvalue weighted by atomic mass is 79.9. The maximum absolute atomic E-state index is 13.2. The first-order valence-electron chi connectivity index (χ1n) is 4.60. The molecule has 0 saturated heterocycles. The van der Waals surface area contributed by atoms with Crippen molar-refractivity contribution in [2.24, 2.45) is 0 Å². The first-order chi connectivity index (χ1) is 6.63. The molecule has 14 heavy (non-hydrogen) atoms. The normalized spacial score (nSPS) is 12.6. The van der Waals surface area contributed by atoms with E-state index in [0.717, 1.165) is 18.4 Å². The molecule has 1 unspecified atom stereocenters. The first kappa shape index (κ1) is 11.5. The Bertz CT molecular complexity index is 299. The molecule has 1 aromatic carbocycles. The van der Waals surface area contributed by atoms with Gasteiger partial charge in [0.25, 0.3) is 0 Å². The fraction of sp³-hybridized carbons (Fsp3) is 0.455. The molecule has 1 nitrogen and oxygen atoms in total. The van der Waals surface area contributed by atoms with Gasteiger partial charge in [-0.3, -0.25) is 0 Å². The standard InChI is InChI=1S/C11H14BrFO/c1-8(12)3-4-9-5-6-11(14-2)10(13)7-9/h5-8H,3-4H2,1-2H3. The lowest BCUT2D eigenvalue weighted by Gasteiger charge is -2.06. The predicted octanol–water partition coefficient (Wildman–Crippen LogP) is 3.55. The average molecular weight is 261 g/mol. The van der Waals surface area contributed by atoms with E-state index in [-0.39, 0.29) is 5.82 Å². The molecule has 0 aliphatic heterocycles. The summed E-state index contributed by atoms with van der Waals surface area (Å²) in [6, 6.07) is 5.11. The zero-order valence-corrected chi connectivity index (χ0v) is 9.97. The first-order valence-corrected chi connectivity index (χ1v) is 5.51. The van der Waals surface area contributed by atoms with Crippen LogP contribution in [0.2, 0.25) is 0 Å². The lowest BCUT2D eigenvalue weighted by atomic mass is 10.1. The molecule has 0 aliphatic rings. The summed E-state index contributed by atoms with van der Waals surface area (Å²) in [5, 5.41) is 0. The van der Waals surface area contributed by atoms with Crippen molar-refractivity contribution in [3.05, 3.63) is 29.6 Å². The van der Waals surface area contributed by atoms with Gasteiger partial charge in [0.1, 0.15) is 0 Å². The Labute approximate surface area is 92.4 Å². The molecule has 0 spiro atoms. The minimum Gasteiger partial charge on any atom is -0.494 e. The van der Waals surface area contributed by atoms with Crippen LogP contribution in [0.3, 0.4) is 0 Å². The van der Waals surface area contributed by atoms with Crippen LogP contribution in [0.1, 0.15) is 18.9 Å². The number of benzene rings is 1. The van der Waals surface area contributed by atoms with Gasteiger partial charge in [-0.1, -0.05) is 28.9 Å². The number of alkyl halides is 1. The predicted molar refractivity (Wildman–Crippen MR) is 59.7 cm³/mol. The molecule has 0 radical (unpaired) electrons. The molecule has 0 heterocycles. The van der Waals surface area contributed by atoms with Crippen molar-refractivity contribution in [2.75, 3.05) is 7.11 Å². The van der Waals surface area contributed by atoms with Crippen LogP contribution in [-0.4, -0.2) is 11.9 Å². The molecule has 0 N–H and O–H groups in total. The van der Waals surface area contributed by atoms with Crippen molar-refractivity contribution < 1.29 is 9.13 Å². The number of hydrogen-bond donors (Lipinski definition) is 0. The molecule has 0 amide bonds. The number of methoxy groups -OCH3 is 1. The van der Waals surface area contributed by atoms with E-state index in [9.17, 15) is 4.39 Å². The van der Waals surface area contributed by atoms with Gasteiger partial charge in [-0.05, 0) is 30.5 Å². The van der Waals surface area contributed by atoms with E-state index in [1.54, 1.807) is 6.07 Å². The average Bonchev–Trinajstić information content (AvgIpc) is 2.15. The van der Waals surface area contributed by atoms with Gasteiger partial charge in [0.15, 0.2) is 11.6 Å². The minimum absolute atomic E-state index is 0.285. The van der Waals surface area contributed by atoms with Crippen LogP contribution in [-0.2, 0) is 6.42 Å². The van der Waals surface area contributed by atoms with E-state index in [1.807, 2.05) is 6.07 Å². The largest absolute Gasteiger partial charge is 0.494 e. The maximum Gasteiger partial charge on any atom is 0.165 e. The summed E-state index contributed by atoms with van der Waals surface area (Å²) < 4.78 is 18.1. The van der Waals surface area contributed by atoms with Crippen LogP contribution in [0, 0.1) is 5.82 Å². The SMILES string of the molecule is COc1ccc(CCC(C)Br)cc1F. The van der Waals surface area contributed by atoms with Crippen LogP contribution in [0.4, 0.5) is 4.39 Å². The van der Waals surface area contributed by atoms with Gasteiger partial charge in [0.2, 0.25) is 0 Å². The van der Waals surface area contributed by atoms with E-state index in [2.05, 4.69) is 22.9 Å². The van der Waals surface area contributed by atoms with Crippen molar-refractivity contribution in [3.8, 4) is 5.75 Å². The molecule has 3 heteroatoms. The Balaban J connectivity index is 2.66. The highest BCUT2D eigenvalue weighted by Gasteiger charge is 2.04. The van der Waals surface area contributed by atoms with Gasteiger partial charge >= 0.3 is 0 Å². The van der Waals surface area contributed by atoms with Crippen LogP contribution < -0.4 is 4.74 Å². The lowest BCUT2D eigenvalue weighted by Crippen LogP contribution is -1.95. The summed E-state index contributed by atoms with van der Waals surface area (Å²) in [6.45, 7) is 2.08. The lowest BCUT2D eigenvalue weighted by molar-refractivity contribution is 0.386. The Morgan fingerprint density at radius 2 is 2.21 bits per heavy atom. The molecule has 1 atom stereocenters. The zero-order chi connectivity index (χ0) is 10.6. The number of hydrogen-bond acceptors (Lipinski definition) is 1. The monoisotopic (exact) mass is 260 g/mol. The second kappa shape index (κ2) is 5.35. The third-order valence-electron chi connectivity index (χ3n) is 2.05. The van der Waals surface area contributed by atoms with E-state index in [1.165, 1.54) is 13.2 Å². The number of halogens is 2. The third kappa shape index (κ3) is 3.29. The van der Waals surface area contributed by atoms with Crippen molar-refractivity contribution >= 4 is 15.9 Å². The molecular weight excluding hydrogens is 247 g/mol. The second-order valence-corrected chi connectivity index (χ2v) is 4.85. The van der Waals surface area contributed by atoms with Crippen molar-refractivity contribution in [1.82, 2.24) is 0 Å². The Morgan fingerprint density at radius 1 is 1.50 bits per heavy atom. The second-order valence-electron chi connectivity index (χ2n) is 3.29. The van der Waals surface area contributed by atoms with Gasteiger partial charge in [-0.25, -0.2) is 4.39 Å².